The SMILES string of the molecule is CCC(NC1CCN(CC)CC1)c1ccc(Br)cc1. The van der Waals surface area contributed by atoms with Crippen LogP contribution in [0.25, 0.3) is 0 Å². The fraction of sp³-hybridized carbons (Fsp3) is 0.625. The van der Waals surface area contributed by atoms with E-state index in [9.17, 15) is 0 Å². The molecule has 0 spiro atoms. The quantitative estimate of drug-likeness (QED) is 0.881. The van der Waals surface area contributed by atoms with Crippen LogP contribution in [0.3, 0.4) is 0 Å². The topological polar surface area (TPSA) is 15.3 Å². The molecule has 3 heteroatoms. The number of likely N-dealkylation sites (tertiary alicyclic amines) is 1. The van der Waals surface area contributed by atoms with E-state index in [1.54, 1.807) is 0 Å². The van der Waals surface area contributed by atoms with Crippen LogP contribution in [0.5, 0.6) is 0 Å². The van der Waals surface area contributed by atoms with Crippen LogP contribution in [0.15, 0.2) is 28.7 Å². The second kappa shape index (κ2) is 7.41. The molecular formula is C16H25BrN2. The summed E-state index contributed by atoms with van der Waals surface area (Å²) >= 11 is 3.50. The van der Waals surface area contributed by atoms with Gasteiger partial charge in [0.15, 0.2) is 0 Å². The Balaban J connectivity index is 1.91. The molecule has 2 nitrogen and oxygen atoms in total. The minimum atomic E-state index is 0.492. The third kappa shape index (κ3) is 4.30. The molecule has 2 rings (SSSR count). The summed E-state index contributed by atoms with van der Waals surface area (Å²) in [5.74, 6) is 0. The van der Waals surface area contributed by atoms with Crippen LogP contribution in [0.4, 0.5) is 0 Å². The normalized spacial score (nSPS) is 19.5. The lowest BCUT2D eigenvalue weighted by Crippen LogP contribution is -2.43. The van der Waals surface area contributed by atoms with Gasteiger partial charge in [-0.2, -0.15) is 0 Å². The van der Waals surface area contributed by atoms with Crippen molar-refractivity contribution in [1.29, 1.82) is 0 Å². The van der Waals surface area contributed by atoms with Crippen molar-refractivity contribution in [3.05, 3.63) is 34.3 Å². The summed E-state index contributed by atoms with van der Waals surface area (Å²) in [6.07, 6.45) is 3.71. The Morgan fingerprint density at radius 2 is 1.84 bits per heavy atom. The molecule has 1 unspecified atom stereocenters. The molecule has 0 aliphatic carbocycles. The van der Waals surface area contributed by atoms with Crippen molar-refractivity contribution < 1.29 is 0 Å². The maximum absolute atomic E-state index is 3.84. The first kappa shape index (κ1) is 15.0. The van der Waals surface area contributed by atoms with Gasteiger partial charge in [-0.1, -0.05) is 41.9 Å². The molecule has 0 bridgehead atoms. The van der Waals surface area contributed by atoms with Gasteiger partial charge < -0.3 is 10.2 Å². The van der Waals surface area contributed by atoms with Crippen molar-refractivity contribution in [2.75, 3.05) is 19.6 Å². The van der Waals surface area contributed by atoms with E-state index < -0.39 is 0 Å². The fourth-order valence-electron chi connectivity index (χ4n) is 2.85. The van der Waals surface area contributed by atoms with E-state index in [1.165, 1.54) is 38.0 Å². The van der Waals surface area contributed by atoms with Crippen molar-refractivity contribution in [2.24, 2.45) is 0 Å². The molecule has 1 fully saturated rings. The number of piperidine rings is 1. The zero-order valence-electron chi connectivity index (χ0n) is 12.0. The van der Waals surface area contributed by atoms with Gasteiger partial charge in [0.1, 0.15) is 0 Å². The Morgan fingerprint density at radius 1 is 1.21 bits per heavy atom. The van der Waals surface area contributed by atoms with Crippen LogP contribution in [-0.2, 0) is 0 Å². The highest BCUT2D eigenvalue weighted by molar-refractivity contribution is 9.10. The van der Waals surface area contributed by atoms with Gasteiger partial charge >= 0.3 is 0 Å². The molecule has 1 N–H and O–H groups in total. The largest absolute Gasteiger partial charge is 0.307 e. The molecule has 0 saturated carbocycles. The first-order chi connectivity index (χ1) is 9.22. The predicted molar refractivity (Wildman–Crippen MR) is 85.4 cm³/mol. The molecule has 1 aliphatic rings. The average Bonchev–Trinajstić information content (AvgIpc) is 2.46. The monoisotopic (exact) mass is 324 g/mol. The van der Waals surface area contributed by atoms with Crippen molar-refractivity contribution in [1.82, 2.24) is 10.2 Å². The fourth-order valence-corrected chi connectivity index (χ4v) is 3.11. The lowest BCUT2D eigenvalue weighted by atomic mass is 9.99. The highest BCUT2D eigenvalue weighted by atomic mass is 79.9. The molecular weight excluding hydrogens is 300 g/mol. The van der Waals surface area contributed by atoms with E-state index in [0.717, 1.165) is 10.9 Å². The summed E-state index contributed by atoms with van der Waals surface area (Å²) in [5, 5.41) is 3.84. The standard InChI is InChI=1S/C16H25BrN2/c1-3-16(13-5-7-14(17)8-6-13)18-15-9-11-19(4-2)12-10-15/h5-8,15-16,18H,3-4,9-12H2,1-2H3. The summed E-state index contributed by atoms with van der Waals surface area (Å²) < 4.78 is 1.15. The minimum Gasteiger partial charge on any atom is -0.307 e. The third-order valence-corrected chi connectivity index (χ3v) is 4.68. The van der Waals surface area contributed by atoms with Crippen LogP contribution >= 0.6 is 15.9 Å². The Labute approximate surface area is 125 Å². The van der Waals surface area contributed by atoms with Crippen molar-refractivity contribution >= 4 is 15.9 Å². The van der Waals surface area contributed by atoms with Crippen LogP contribution in [0.2, 0.25) is 0 Å². The van der Waals surface area contributed by atoms with Crippen LogP contribution < -0.4 is 5.32 Å². The summed E-state index contributed by atoms with van der Waals surface area (Å²) in [6, 6.07) is 9.90. The second-order valence-electron chi connectivity index (χ2n) is 5.39. The Hall–Kier alpha value is -0.380. The average molecular weight is 325 g/mol. The van der Waals surface area contributed by atoms with E-state index in [2.05, 4.69) is 64.3 Å². The zero-order chi connectivity index (χ0) is 13.7. The second-order valence-corrected chi connectivity index (χ2v) is 6.30. The van der Waals surface area contributed by atoms with Gasteiger partial charge in [-0.3, -0.25) is 0 Å². The summed E-state index contributed by atoms with van der Waals surface area (Å²) in [5.41, 5.74) is 1.41. The minimum absolute atomic E-state index is 0.492. The molecule has 19 heavy (non-hydrogen) atoms. The number of nitrogens with one attached hydrogen (secondary N) is 1. The number of halogens is 1. The van der Waals surface area contributed by atoms with Gasteiger partial charge in [0.2, 0.25) is 0 Å². The van der Waals surface area contributed by atoms with Gasteiger partial charge in [-0.25, -0.2) is 0 Å². The maximum atomic E-state index is 3.84. The zero-order valence-corrected chi connectivity index (χ0v) is 13.6. The van der Waals surface area contributed by atoms with E-state index in [-0.39, 0.29) is 0 Å². The van der Waals surface area contributed by atoms with Gasteiger partial charge in [0, 0.05) is 16.6 Å². The van der Waals surface area contributed by atoms with Crippen LogP contribution in [0.1, 0.15) is 44.7 Å². The maximum Gasteiger partial charge on any atom is 0.0320 e. The van der Waals surface area contributed by atoms with Gasteiger partial charge in [0.05, 0.1) is 0 Å². The van der Waals surface area contributed by atoms with E-state index in [0.29, 0.717) is 12.1 Å². The molecule has 1 heterocycles. The first-order valence-electron chi connectivity index (χ1n) is 7.46. The first-order valence-corrected chi connectivity index (χ1v) is 8.26. The number of benzene rings is 1. The third-order valence-electron chi connectivity index (χ3n) is 4.15. The molecule has 106 valence electrons. The number of hydrogen-bond donors (Lipinski definition) is 1. The number of rotatable bonds is 5. The van der Waals surface area contributed by atoms with Crippen LogP contribution in [0, 0.1) is 0 Å². The van der Waals surface area contributed by atoms with E-state index in [4.69, 9.17) is 0 Å². The van der Waals surface area contributed by atoms with Crippen molar-refractivity contribution in [3.8, 4) is 0 Å². The number of nitrogens with zero attached hydrogens (tertiary/aromatic N) is 1. The molecule has 1 atom stereocenters. The van der Waals surface area contributed by atoms with Crippen molar-refractivity contribution in [2.45, 2.75) is 45.2 Å². The smallest absolute Gasteiger partial charge is 0.0320 e. The molecule has 1 aromatic carbocycles. The molecule has 1 aromatic rings. The van der Waals surface area contributed by atoms with Gasteiger partial charge in [-0.05, 0) is 56.6 Å². The molecule has 1 saturated heterocycles. The van der Waals surface area contributed by atoms with Gasteiger partial charge in [-0.15, -0.1) is 0 Å². The Bertz CT molecular complexity index is 369. The van der Waals surface area contributed by atoms with Crippen LogP contribution in [-0.4, -0.2) is 30.6 Å². The molecule has 1 aliphatic heterocycles. The van der Waals surface area contributed by atoms with E-state index >= 15 is 0 Å². The molecule has 0 radical (unpaired) electrons. The summed E-state index contributed by atoms with van der Waals surface area (Å²) in [4.78, 5) is 2.54. The van der Waals surface area contributed by atoms with Crippen molar-refractivity contribution in [3.63, 3.8) is 0 Å². The summed E-state index contributed by atoms with van der Waals surface area (Å²) in [7, 11) is 0. The molecule has 0 amide bonds. The Morgan fingerprint density at radius 3 is 2.37 bits per heavy atom. The highest BCUT2D eigenvalue weighted by Gasteiger charge is 2.20. The highest BCUT2D eigenvalue weighted by Crippen LogP contribution is 2.22. The predicted octanol–water partition coefficient (Wildman–Crippen LogP) is 3.97. The van der Waals surface area contributed by atoms with Gasteiger partial charge in [0.25, 0.3) is 0 Å². The lowest BCUT2D eigenvalue weighted by molar-refractivity contribution is 0.198. The number of hydrogen-bond acceptors (Lipinski definition) is 2. The van der Waals surface area contributed by atoms with E-state index in [1.807, 2.05) is 0 Å². The lowest BCUT2D eigenvalue weighted by Gasteiger charge is -2.34. The molecule has 0 aromatic heterocycles. The summed E-state index contributed by atoms with van der Waals surface area (Å²) in [6.45, 7) is 8.19. The Kier molecular flexibility index (Phi) is 5.86.